The van der Waals surface area contributed by atoms with E-state index in [-0.39, 0.29) is 11.7 Å². The van der Waals surface area contributed by atoms with Crippen LogP contribution in [0.1, 0.15) is 48.0 Å². The topological polar surface area (TPSA) is 67.2 Å². The van der Waals surface area contributed by atoms with Crippen LogP contribution in [0.15, 0.2) is 24.3 Å². The van der Waals surface area contributed by atoms with Crippen LogP contribution < -0.4 is 0 Å². The highest BCUT2D eigenvalue weighted by Crippen LogP contribution is 2.20. The van der Waals surface area contributed by atoms with Gasteiger partial charge in [-0.3, -0.25) is 4.79 Å². The Morgan fingerprint density at radius 3 is 2.32 bits per heavy atom. The third-order valence-electron chi connectivity index (χ3n) is 3.29. The van der Waals surface area contributed by atoms with Crippen molar-refractivity contribution >= 4 is 11.8 Å². The molecule has 1 saturated carbocycles. The summed E-state index contributed by atoms with van der Waals surface area (Å²) in [5.41, 5.74) is 0.719. The van der Waals surface area contributed by atoms with Gasteiger partial charge in [-0.25, -0.2) is 4.79 Å². The second-order valence-electron chi connectivity index (χ2n) is 4.68. The Labute approximate surface area is 112 Å². The molecule has 2 rings (SSSR count). The fourth-order valence-electron chi connectivity index (χ4n) is 2.20. The third-order valence-corrected chi connectivity index (χ3v) is 3.29. The molecule has 0 unspecified atom stereocenters. The van der Waals surface area contributed by atoms with Crippen molar-refractivity contribution in [3.63, 3.8) is 0 Å². The fourth-order valence-corrected chi connectivity index (χ4v) is 2.20. The van der Waals surface area contributed by atoms with Crippen molar-refractivity contribution in [3.8, 4) is 6.07 Å². The van der Waals surface area contributed by atoms with Gasteiger partial charge in [0, 0.05) is 5.56 Å². The van der Waals surface area contributed by atoms with Crippen molar-refractivity contribution in [2.45, 2.75) is 38.2 Å². The lowest BCUT2D eigenvalue weighted by atomic mass is 9.98. The van der Waals surface area contributed by atoms with E-state index in [0.717, 1.165) is 32.1 Å². The highest BCUT2D eigenvalue weighted by atomic mass is 16.5. The van der Waals surface area contributed by atoms with Crippen molar-refractivity contribution in [3.05, 3.63) is 35.4 Å². The number of hydrogen-bond donors (Lipinski definition) is 0. The monoisotopic (exact) mass is 257 g/mol. The lowest BCUT2D eigenvalue weighted by Crippen LogP contribution is -2.26. The minimum atomic E-state index is -0.795. The molecule has 0 amide bonds. The minimum absolute atomic E-state index is 0.122. The highest BCUT2D eigenvalue weighted by molar-refractivity contribution is 6.40. The third kappa shape index (κ3) is 3.41. The average molecular weight is 257 g/mol. The molecule has 1 aromatic carbocycles. The molecular formula is C15H15NO3. The van der Waals surface area contributed by atoms with Crippen molar-refractivity contribution in [1.82, 2.24) is 0 Å². The molecule has 1 fully saturated rings. The second kappa shape index (κ2) is 6.14. The molecule has 19 heavy (non-hydrogen) atoms. The summed E-state index contributed by atoms with van der Waals surface area (Å²) in [6.45, 7) is 0. The summed E-state index contributed by atoms with van der Waals surface area (Å²) in [4.78, 5) is 23.6. The quantitative estimate of drug-likeness (QED) is 0.474. The number of benzene rings is 1. The summed E-state index contributed by atoms with van der Waals surface area (Å²) in [5.74, 6) is -1.44. The first-order valence-corrected chi connectivity index (χ1v) is 6.46. The summed E-state index contributed by atoms with van der Waals surface area (Å²) in [7, 11) is 0. The van der Waals surface area contributed by atoms with Crippen molar-refractivity contribution in [2.75, 3.05) is 0 Å². The second-order valence-corrected chi connectivity index (χ2v) is 4.68. The van der Waals surface area contributed by atoms with Gasteiger partial charge in [-0.15, -0.1) is 0 Å². The molecule has 0 heterocycles. The van der Waals surface area contributed by atoms with Gasteiger partial charge >= 0.3 is 5.97 Å². The molecule has 0 saturated heterocycles. The number of nitriles is 1. The first-order chi connectivity index (χ1) is 9.20. The normalized spacial score (nSPS) is 15.5. The van der Waals surface area contributed by atoms with E-state index in [1.807, 2.05) is 6.07 Å². The van der Waals surface area contributed by atoms with E-state index in [1.54, 1.807) is 0 Å². The van der Waals surface area contributed by atoms with Crippen LogP contribution in [0.4, 0.5) is 0 Å². The Bertz CT molecular complexity index is 507. The zero-order chi connectivity index (χ0) is 13.7. The molecule has 1 aromatic rings. The Morgan fingerprint density at radius 1 is 1.11 bits per heavy atom. The highest BCUT2D eigenvalue weighted by Gasteiger charge is 2.23. The Balaban J connectivity index is 1.97. The minimum Gasteiger partial charge on any atom is -0.456 e. The number of rotatable bonds is 3. The van der Waals surface area contributed by atoms with Gasteiger partial charge in [-0.2, -0.15) is 5.26 Å². The first-order valence-electron chi connectivity index (χ1n) is 6.46. The molecule has 4 nitrogen and oxygen atoms in total. The Kier molecular flexibility index (Phi) is 4.30. The lowest BCUT2D eigenvalue weighted by Gasteiger charge is -2.21. The van der Waals surface area contributed by atoms with E-state index in [9.17, 15) is 9.59 Å². The molecule has 0 atom stereocenters. The molecule has 0 radical (unpaired) electrons. The van der Waals surface area contributed by atoms with Crippen LogP contribution in [0.2, 0.25) is 0 Å². The molecule has 1 aliphatic carbocycles. The summed E-state index contributed by atoms with van der Waals surface area (Å²) >= 11 is 0. The predicted octanol–water partition coefficient (Wildman–Crippen LogP) is 2.62. The van der Waals surface area contributed by atoms with E-state index in [0.29, 0.717) is 5.56 Å². The van der Waals surface area contributed by atoms with Crippen LogP contribution in [0, 0.1) is 11.3 Å². The average Bonchev–Trinajstić information content (AvgIpc) is 2.47. The van der Waals surface area contributed by atoms with Gasteiger partial charge in [-0.05, 0) is 49.9 Å². The van der Waals surface area contributed by atoms with E-state index >= 15 is 0 Å². The Hall–Kier alpha value is -2.15. The molecule has 98 valence electrons. The SMILES string of the molecule is N#Cc1ccc(C(=O)C(=O)OC2CCCCC2)cc1. The fraction of sp³-hybridized carbons (Fsp3) is 0.400. The number of hydrogen-bond acceptors (Lipinski definition) is 4. The first kappa shape index (κ1) is 13.3. The maximum atomic E-state index is 11.9. The molecule has 0 aliphatic heterocycles. The van der Waals surface area contributed by atoms with Gasteiger partial charge in [-0.1, -0.05) is 6.42 Å². The zero-order valence-corrected chi connectivity index (χ0v) is 10.6. The smallest absolute Gasteiger partial charge is 0.379 e. The van der Waals surface area contributed by atoms with E-state index < -0.39 is 11.8 Å². The summed E-state index contributed by atoms with van der Waals surface area (Å²) < 4.78 is 5.21. The van der Waals surface area contributed by atoms with Gasteiger partial charge < -0.3 is 4.74 Å². The van der Waals surface area contributed by atoms with Gasteiger partial charge in [0.15, 0.2) is 0 Å². The number of ketones is 1. The molecule has 4 heteroatoms. The summed E-state index contributed by atoms with van der Waals surface area (Å²) in [6, 6.07) is 7.94. The van der Waals surface area contributed by atoms with Crippen LogP contribution in [0.25, 0.3) is 0 Å². The Morgan fingerprint density at radius 2 is 1.74 bits per heavy atom. The maximum absolute atomic E-state index is 11.9. The van der Waals surface area contributed by atoms with Crippen LogP contribution in [0.3, 0.4) is 0 Å². The van der Waals surface area contributed by atoms with Gasteiger partial charge in [0.1, 0.15) is 6.10 Å². The molecular weight excluding hydrogens is 242 g/mol. The molecule has 0 N–H and O–H groups in total. The van der Waals surface area contributed by atoms with E-state index in [4.69, 9.17) is 10.00 Å². The molecule has 0 aromatic heterocycles. The lowest BCUT2D eigenvalue weighted by molar-refractivity contribution is -0.144. The number of esters is 1. The number of ether oxygens (including phenoxy) is 1. The summed E-state index contributed by atoms with van der Waals surface area (Å²) in [6.07, 6.45) is 4.81. The van der Waals surface area contributed by atoms with Crippen LogP contribution >= 0.6 is 0 Å². The van der Waals surface area contributed by atoms with Gasteiger partial charge in [0.25, 0.3) is 5.78 Å². The molecule has 1 aliphatic rings. The maximum Gasteiger partial charge on any atom is 0.379 e. The van der Waals surface area contributed by atoms with E-state index in [1.165, 1.54) is 24.3 Å². The number of nitrogens with zero attached hydrogens (tertiary/aromatic N) is 1. The summed E-state index contributed by atoms with van der Waals surface area (Å²) in [5, 5.41) is 8.67. The predicted molar refractivity (Wildman–Crippen MR) is 68.5 cm³/mol. The van der Waals surface area contributed by atoms with Crippen molar-refractivity contribution in [2.24, 2.45) is 0 Å². The van der Waals surface area contributed by atoms with Gasteiger partial charge in [0.2, 0.25) is 0 Å². The molecule has 0 spiro atoms. The van der Waals surface area contributed by atoms with Crippen LogP contribution in [0.5, 0.6) is 0 Å². The van der Waals surface area contributed by atoms with Gasteiger partial charge in [0.05, 0.1) is 11.6 Å². The zero-order valence-electron chi connectivity index (χ0n) is 10.6. The standard InChI is InChI=1S/C15H15NO3/c16-10-11-6-8-12(9-7-11)14(17)15(18)19-13-4-2-1-3-5-13/h6-9,13H,1-5H2. The largest absolute Gasteiger partial charge is 0.456 e. The van der Waals surface area contributed by atoms with Crippen LogP contribution in [-0.2, 0) is 9.53 Å². The number of carbonyl (C=O) groups is 2. The van der Waals surface area contributed by atoms with Crippen molar-refractivity contribution in [1.29, 1.82) is 5.26 Å². The number of Topliss-reactive ketones (excluding diaryl/α,β-unsaturated/α-hetero) is 1. The molecule has 0 bridgehead atoms. The van der Waals surface area contributed by atoms with Crippen molar-refractivity contribution < 1.29 is 14.3 Å². The number of carbonyl (C=O) groups excluding carboxylic acids is 2. The van der Waals surface area contributed by atoms with Crippen LogP contribution in [-0.4, -0.2) is 17.9 Å². The van der Waals surface area contributed by atoms with E-state index in [2.05, 4.69) is 0 Å².